The molecule has 1 N–H and O–H groups in total. The van der Waals surface area contributed by atoms with Gasteiger partial charge in [-0.3, -0.25) is 19.3 Å². The van der Waals surface area contributed by atoms with Crippen molar-refractivity contribution in [1.29, 1.82) is 0 Å². The molecular formula is C24H24N2O3. The van der Waals surface area contributed by atoms with Crippen LogP contribution >= 0.6 is 0 Å². The van der Waals surface area contributed by atoms with Gasteiger partial charge in [0.05, 0.1) is 17.5 Å². The van der Waals surface area contributed by atoms with Crippen LogP contribution in [0.4, 0.5) is 11.4 Å². The summed E-state index contributed by atoms with van der Waals surface area (Å²) in [6.07, 6.45) is 3.12. The molecule has 5 rings (SSSR count). The molecule has 0 radical (unpaired) electrons. The predicted molar refractivity (Wildman–Crippen MR) is 111 cm³/mol. The number of fused-ring (bicyclic) bond motifs is 5. The highest BCUT2D eigenvalue weighted by Gasteiger charge is 2.61. The van der Waals surface area contributed by atoms with E-state index >= 15 is 0 Å². The van der Waals surface area contributed by atoms with Gasteiger partial charge in [-0.1, -0.05) is 12.1 Å². The minimum absolute atomic E-state index is 0.0843. The van der Waals surface area contributed by atoms with Crippen molar-refractivity contribution >= 4 is 29.1 Å². The van der Waals surface area contributed by atoms with Crippen LogP contribution in [-0.2, 0) is 9.59 Å². The van der Waals surface area contributed by atoms with Crippen molar-refractivity contribution in [3.05, 3.63) is 59.2 Å². The van der Waals surface area contributed by atoms with Gasteiger partial charge in [0.1, 0.15) is 0 Å². The van der Waals surface area contributed by atoms with E-state index in [0.717, 1.165) is 36.1 Å². The quantitative estimate of drug-likeness (QED) is 0.806. The van der Waals surface area contributed by atoms with E-state index in [1.807, 2.05) is 32.0 Å². The summed E-state index contributed by atoms with van der Waals surface area (Å²) in [5, 5.41) is 2.90. The van der Waals surface area contributed by atoms with Gasteiger partial charge >= 0.3 is 0 Å². The highest BCUT2D eigenvalue weighted by molar-refractivity contribution is 6.23. The number of hydrogen-bond donors (Lipinski definition) is 1. The lowest BCUT2D eigenvalue weighted by Crippen LogP contribution is -2.33. The maximum Gasteiger partial charge on any atom is 0.255 e. The number of nitrogens with zero attached hydrogens (tertiary/aromatic N) is 1. The summed E-state index contributed by atoms with van der Waals surface area (Å²) in [6, 6.07) is 12.6. The van der Waals surface area contributed by atoms with Gasteiger partial charge in [0.25, 0.3) is 5.91 Å². The van der Waals surface area contributed by atoms with Gasteiger partial charge in [0, 0.05) is 11.3 Å². The molecule has 3 fully saturated rings. The number of aryl methyl sites for hydroxylation is 2. The number of amides is 3. The van der Waals surface area contributed by atoms with Gasteiger partial charge < -0.3 is 5.32 Å². The van der Waals surface area contributed by atoms with Crippen molar-refractivity contribution in [2.45, 2.75) is 33.1 Å². The van der Waals surface area contributed by atoms with Gasteiger partial charge in [-0.15, -0.1) is 0 Å². The van der Waals surface area contributed by atoms with E-state index in [1.165, 1.54) is 4.90 Å². The maximum atomic E-state index is 13.0. The van der Waals surface area contributed by atoms with E-state index in [-0.39, 0.29) is 29.6 Å². The first-order valence-electron chi connectivity index (χ1n) is 10.3. The third-order valence-electron chi connectivity index (χ3n) is 7.06. The molecule has 1 aliphatic heterocycles. The zero-order valence-corrected chi connectivity index (χ0v) is 16.6. The van der Waals surface area contributed by atoms with E-state index in [4.69, 9.17) is 0 Å². The lowest BCUT2D eigenvalue weighted by atomic mass is 9.81. The Morgan fingerprint density at radius 2 is 1.62 bits per heavy atom. The zero-order valence-electron chi connectivity index (χ0n) is 16.6. The molecular weight excluding hydrogens is 364 g/mol. The molecule has 4 atom stereocenters. The first-order valence-corrected chi connectivity index (χ1v) is 10.3. The molecule has 2 aromatic carbocycles. The molecule has 0 spiro atoms. The molecule has 148 valence electrons. The first kappa shape index (κ1) is 18.1. The molecule has 3 amide bonds. The van der Waals surface area contributed by atoms with E-state index in [0.29, 0.717) is 23.1 Å². The molecule has 5 nitrogen and oxygen atoms in total. The second kappa shape index (κ2) is 6.55. The molecule has 1 saturated heterocycles. The van der Waals surface area contributed by atoms with Crippen LogP contribution in [0.1, 0.15) is 40.7 Å². The topological polar surface area (TPSA) is 66.5 Å². The average molecular weight is 388 g/mol. The third kappa shape index (κ3) is 2.79. The van der Waals surface area contributed by atoms with Crippen molar-refractivity contribution in [2.24, 2.45) is 23.7 Å². The van der Waals surface area contributed by atoms with Gasteiger partial charge in [-0.25, -0.2) is 0 Å². The number of carbonyl (C=O) groups excluding carboxylic acids is 3. The average Bonchev–Trinajstić information content (AvgIpc) is 3.38. The molecule has 29 heavy (non-hydrogen) atoms. The fourth-order valence-electron chi connectivity index (χ4n) is 5.47. The largest absolute Gasteiger partial charge is 0.322 e. The molecule has 0 aromatic heterocycles. The van der Waals surface area contributed by atoms with E-state index < -0.39 is 0 Å². The molecule has 2 aliphatic carbocycles. The monoisotopic (exact) mass is 388 g/mol. The van der Waals surface area contributed by atoms with E-state index in [2.05, 4.69) is 5.32 Å². The Hall–Kier alpha value is -2.95. The Kier molecular flexibility index (Phi) is 4.09. The Balaban J connectivity index is 1.40. The van der Waals surface area contributed by atoms with Crippen molar-refractivity contribution in [1.82, 2.24) is 0 Å². The molecule has 3 aliphatic rings. The molecule has 2 saturated carbocycles. The predicted octanol–water partition coefficient (Wildman–Crippen LogP) is 4.09. The van der Waals surface area contributed by atoms with Crippen molar-refractivity contribution in [3.63, 3.8) is 0 Å². The number of carbonyl (C=O) groups is 3. The van der Waals surface area contributed by atoms with Crippen molar-refractivity contribution in [3.8, 4) is 0 Å². The van der Waals surface area contributed by atoms with Crippen LogP contribution in [0, 0.1) is 37.5 Å². The van der Waals surface area contributed by atoms with Crippen LogP contribution in [-0.4, -0.2) is 17.7 Å². The highest BCUT2D eigenvalue weighted by Crippen LogP contribution is 2.56. The molecule has 2 aromatic rings. The molecule has 0 unspecified atom stereocenters. The summed E-state index contributed by atoms with van der Waals surface area (Å²) < 4.78 is 0. The second-order valence-corrected chi connectivity index (χ2v) is 8.70. The molecule has 2 bridgehead atoms. The number of benzene rings is 2. The first-order chi connectivity index (χ1) is 13.9. The Morgan fingerprint density at radius 3 is 2.28 bits per heavy atom. The summed E-state index contributed by atoms with van der Waals surface area (Å²) in [7, 11) is 0. The fourth-order valence-corrected chi connectivity index (χ4v) is 5.47. The number of anilines is 2. The van der Waals surface area contributed by atoms with Crippen molar-refractivity contribution in [2.75, 3.05) is 10.2 Å². The van der Waals surface area contributed by atoms with Crippen LogP contribution in [0.25, 0.3) is 0 Å². The SMILES string of the molecule is Cc1ccc(NC(=O)c2cccc(N3C(=O)[C@@H]4[C@H]5CC[C@@H](C5)[C@@H]4C3=O)c2)cc1C. The van der Waals surface area contributed by atoms with Crippen LogP contribution in [0.5, 0.6) is 0 Å². The highest BCUT2D eigenvalue weighted by atomic mass is 16.2. The normalized spacial score (nSPS) is 27.4. The van der Waals surface area contributed by atoms with E-state index in [9.17, 15) is 14.4 Å². The number of imide groups is 1. The van der Waals surface area contributed by atoms with Gasteiger partial charge in [0.15, 0.2) is 0 Å². The minimum Gasteiger partial charge on any atom is -0.322 e. The van der Waals surface area contributed by atoms with Crippen molar-refractivity contribution < 1.29 is 14.4 Å². The number of rotatable bonds is 3. The third-order valence-corrected chi connectivity index (χ3v) is 7.06. The summed E-state index contributed by atoms with van der Waals surface area (Å²) in [5.41, 5.74) is 3.92. The van der Waals surface area contributed by atoms with Gasteiger partial charge in [-0.2, -0.15) is 0 Å². The second-order valence-electron chi connectivity index (χ2n) is 8.70. The zero-order chi connectivity index (χ0) is 20.3. The van der Waals surface area contributed by atoms with Crippen LogP contribution in [0.15, 0.2) is 42.5 Å². The lowest BCUT2D eigenvalue weighted by Gasteiger charge is -2.19. The summed E-state index contributed by atoms with van der Waals surface area (Å²) in [4.78, 5) is 40.1. The maximum absolute atomic E-state index is 13.0. The van der Waals surface area contributed by atoms with Gasteiger partial charge in [-0.05, 0) is 86.4 Å². The Bertz CT molecular complexity index is 1020. The summed E-state index contributed by atoms with van der Waals surface area (Å²) in [5.74, 6) is -0.0405. The van der Waals surface area contributed by atoms with E-state index in [1.54, 1.807) is 24.3 Å². The number of nitrogens with one attached hydrogen (secondary N) is 1. The smallest absolute Gasteiger partial charge is 0.255 e. The molecule has 5 heteroatoms. The Morgan fingerprint density at radius 1 is 0.931 bits per heavy atom. The lowest BCUT2D eigenvalue weighted by molar-refractivity contribution is -0.123. The minimum atomic E-state index is -0.255. The van der Waals surface area contributed by atoms with Gasteiger partial charge in [0.2, 0.25) is 11.8 Å². The standard InChI is InChI=1S/C24H24N2O3/c1-13-6-9-18(10-14(13)2)25-22(27)17-4-3-5-19(12-17)26-23(28)20-15-7-8-16(11-15)21(20)24(26)29/h3-6,9-10,12,15-16,20-21H,7-8,11H2,1-2H3,(H,25,27)/t15-,16-,20-,21+/m0/s1. The fraction of sp³-hybridized carbons (Fsp3) is 0.375. The Labute approximate surface area is 170 Å². The van der Waals surface area contributed by atoms with Crippen LogP contribution < -0.4 is 10.2 Å². The number of hydrogen-bond acceptors (Lipinski definition) is 3. The van der Waals surface area contributed by atoms with Crippen LogP contribution in [0.3, 0.4) is 0 Å². The van der Waals surface area contributed by atoms with Crippen LogP contribution in [0.2, 0.25) is 0 Å². The summed E-state index contributed by atoms with van der Waals surface area (Å²) >= 11 is 0. The molecule has 1 heterocycles. The summed E-state index contributed by atoms with van der Waals surface area (Å²) in [6.45, 7) is 4.02.